The summed E-state index contributed by atoms with van der Waals surface area (Å²) in [4.78, 5) is 52.8. The van der Waals surface area contributed by atoms with Gasteiger partial charge in [0.15, 0.2) is 0 Å². The van der Waals surface area contributed by atoms with Gasteiger partial charge in [-0.1, -0.05) is 12.1 Å². The fraction of sp³-hybridized carbons (Fsp3) is 0.346. The lowest BCUT2D eigenvalue weighted by molar-refractivity contribution is -0.165. The van der Waals surface area contributed by atoms with Gasteiger partial charge < -0.3 is 15.0 Å². The summed E-state index contributed by atoms with van der Waals surface area (Å²) in [6.45, 7) is 0.732. The standard InChI is InChI=1S/C26H22F4N4O4/c1-15(14-35)32-23(37)18-9-25(10-18)24(38)33(21-7-4-17(11-31)8-20(21)27)13-22(36)34(25)12-16-2-5-19(6-3-16)26(28,29)30/h2-8,14-15,18H,9-10,12-13H2,1H3,(H,32,37). The van der Waals surface area contributed by atoms with Crippen LogP contribution in [-0.2, 0) is 31.9 Å². The van der Waals surface area contributed by atoms with E-state index < -0.39 is 59.3 Å². The zero-order chi connectivity index (χ0) is 27.8. The Hall–Kier alpha value is -4.27. The molecular formula is C26H22F4N4O4. The fourth-order valence-corrected chi connectivity index (χ4v) is 4.82. The van der Waals surface area contributed by atoms with Gasteiger partial charge in [-0.15, -0.1) is 0 Å². The molecule has 2 aliphatic rings. The number of carbonyl (C=O) groups excluding carboxylic acids is 4. The minimum atomic E-state index is -4.55. The zero-order valence-electron chi connectivity index (χ0n) is 20.1. The summed E-state index contributed by atoms with van der Waals surface area (Å²) in [6.07, 6.45) is -4.25. The van der Waals surface area contributed by atoms with Gasteiger partial charge in [-0.2, -0.15) is 18.4 Å². The Kier molecular flexibility index (Phi) is 6.97. The number of nitrogens with one attached hydrogen (secondary N) is 1. The fourth-order valence-electron chi connectivity index (χ4n) is 4.82. The molecule has 38 heavy (non-hydrogen) atoms. The Labute approximate surface area is 214 Å². The first-order valence-corrected chi connectivity index (χ1v) is 11.6. The van der Waals surface area contributed by atoms with Crippen molar-refractivity contribution in [2.45, 2.75) is 44.1 Å². The number of nitrogens with zero attached hydrogens (tertiary/aromatic N) is 3. The van der Waals surface area contributed by atoms with Crippen LogP contribution in [0.1, 0.15) is 36.5 Å². The average Bonchev–Trinajstić information content (AvgIpc) is 2.84. The van der Waals surface area contributed by atoms with Gasteiger partial charge in [0.1, 0.15) is 24.2 Å². The Morgan fingerprint density at radius 2 is 1.87 bits per heavy atom. The van der Waals surface area contributed by atoms with Gasteiger partial charge in [0.2, 0.25) is 11.8 Å². The molecule has 1 spiro atoms. The molecule has 0 aromatic heterocycles. The van der Waals surface area contributed by atoms with Crippen molar-refractivity contribution in [2.75, 3.05) is 11.4 Å². The van der Waals surface area contributed by atoms with Gasteiger partial charge in [0.05, 0.1) is 28.9 Å². The largest absolute Gasteiger partial charge is 0.416 e. The number of rotatable bonds is 6. The van der Waals surface area contributed by atoms with Crippen molar-refractivity contribution < 1.29 is 36.7 Å². The van der Waals surface area contributed by atoms with Crippen LogP contribution in [0.15, 0.2) is 42.5 Å². The molecule has 2 aromatic carbocycles. The molecule has 3 amide bonds. The van der Waals surface area contributed by atoms with E-state index in [1.54, 1.807) is 6.07 Å². The average molecular weight is 530 g/mol. The SMILES string of the molecule is CC(C=O)NC(=O)C1CC2(C1)C(=O)N(c1ccc(C#N)cc1F)CC(=O)N2Cc1ccc(C(F)(F)F)cc1. The van der Waals surface area contributed by atoms with Crippen LogP contribution in [0.4, 0.5) is 23.2 Å². The molecule has 1 heterocycles. The van der Waals surface area contributed by atoms with Crippen LogP contribution in [0.2, 0.25) is 0 Å². The summed E-state index contributed by atoms with van der Waals surface area (Å²) in [6, 6.07) is 8.62. The quantitative estimate of drug-likeness (QED) is 0.456. The van der Waals surface area contributed by atoms with E-state index in [1.165, 1.54) is 36.1 Å². The lowest BCUT2D eigenvalue weighted by Crippen LogP contribution is -2.74. The van der Waals surface area contributed by atoms with Crippen molar-refractivity contribution in [2.24, 2.45) is 5.92 Å². The van der Waals surface area contributed by atoms with E-state index in [9.17, 15) is 36.7 Å². The van der Waals surface area contributed by atoms with Crippen LogP contribution < -0.4 is 10.2 Å². The van der Waals surface area contributed by atoms with Crippen LogP contribution in [0, 0.1) is 23.1 Å². The molecule has 198 valence electrons. The topological polar surface area (TPSA) is 111 Å². The van der Waals surface area contributed by atoms with E-state index in [0.29, 0.717) is 11.8 Å². The molecule has 4 rings (SSSR count). The second kappa shape index (κ2) is 9.89. The molecular weight excluding hydrogens is 508 g/mol. The first-order chi connectivity index (χ1) is 17.9. The van der Waals surface area contributed by atoms with Gasteiger partial charge in [-0.3, -0.25) is 19.3 Å². The third-order valence-corrected chi connectivity index (χ3v) is 6.86. The normalized spacial score (nSPS) is 22.1. The van der Waals surface area contributed by atoms with Gasteiger partial charge in [-0.25, -0.2) is 4.39 Å². The summed E-state index contributed by atoms with van der Waals surface area (Å²) in [5.74, 6) is -3.35. The van der Waals surface area contributed by atoms with Crippen molar-refractivity contribution >= 4 is 29.7 Å². The number of hydrogen-bond acceptors (Lipinski definition) is 5. The Morgan fingerprint density at radius 3 is 2.42 bits per heavy atom. The molecule has 1 N–H and O–H groups in total. The Morgan fingerprint density at radius 1 is 1.21 bits per heavy atom. The molecule has 1 aliphatic carbocycles. The number of halogens is 4. The molecule has 2 aromatic rings. The maximum Gasteiger partial charge on any atom is 0.416 e. The van der Waals surface area contributed by atoms with Gasteiger partial charge in [-0.05, 0) is 55.7 Å². The van der Waals surface area contributed by atoms with Crippen molar-refractivity contribution in [1.82, 2.24) is 10.2 Å². The number of hydrogen-bond donors (Lipinski definition) is 1. The smallest absolute Gasteiger partial charge is 0.347 e. The highest BCUT2D eigenvalue weighted by atomic mass is 19.4. The number of benzene rings is 2. The Balaban J connectivity index is 1.66. The number of alkyl halides is 3. The van der Waals surface area contributed by atoms with E-state index >= 15 is 0 Å². The van der Waals surface area contributed by atoms with Gasteiger partial charge >= 0.3 is 6.18 Å². The highest BCUT2D eigenvalue weighted by Gasteiger charge is 2.61. The van der Waals surface area contributed by atoms with Crippen LogP contribution in [-0.4, -0.2) is 47.0 Å². The number of anilines is 1. The maximum atomic E-state index is 14.8. The van der Waals surface area contributed by atoms with Crippen molar-refractivity contribution in [3.8, 4) is 6.07 Å². The minimum absolute atomic E-state index is 0.0188. The summed E-state index contributed by atoms with van der Waals surface area (Å²) in [7, 11) is 0. The van der Waals surface area contributed by atoms with E-state index in [-0.39, 0.29) is 30.6 Å². The minimum Gasteiger partial charge on any atom is -0.347 e. The molecule has 8 nitrogen and oxygen atoms in total. The van der Waals surface area contributed by atoms with Crippen LogP contribution in [0.25, 0.3) is 0 Å². The van der Waals surface area contributed by atoms with Crippen molar-refractivity contribution in [3.63, 3.8) is 0 Å². The van der Waals surface area contributed by atoms with E-state index in [0.717, 1.165) is 23.1 Å². The predicted molar refractivity (Wildman–Crippen MR) is 125 cm³/mol. The maximum absolute atomic E-state index is 14.8. The number of nitriles is 1. The van der Waals surface area contributed by atoms with E-state index in [1.807, 2.05) is 0 Å². The lowest BCUT2D eigenvalue weighted by atomic mass is 9.64. The number of amides is 3. The second-order valence-electron chi connectivity index (χ2n) is 9.41. The summed E-state index contributed by atoms with van der Waals surface area (Å²) in [5.41, 5.74) is -2.28. The molecule has 2 fully saturated rings. The molecule has 0 radical (unpaired) electrons. The van der Waals surface area contributed by atoms with Gasteiger partial charge in [0, 0.05) is 12.5 Å². The Bertz CT molecular complexity index is 1330. The monoisotopic (exact) mass is 530 g/mol. The number of piperazine rings is 1. The number of aldehydes is 1. The molecule has 1 unspecified atom stereocenters. The summed E-state index contributed by atoms with van der Waals surface area (Å²) >= 11 is 0. The molecule has 1 saturated heterocycles. The lowest BCUT2D eigenvalue weighted by Gasteiger charge is -2.56. The predicted octanol–water partition coefficient (Wildman–Crippen LogP) is 2.94. The molecule has 1 aliphatic heterocycles. The third-order valence-electron chi connectivity index (χ3n) is 6.86. The molecule has 0 bridgehead atoms. The second-order valence-corrected chi connectivity index (χ2v) is 9.41. The van der Waals surface area contributed by atoms with Crippen LogP contribution >= 0.6 is 0 Å². The first kappa shape index (κ1) is 26.8. The molecule has 12 heteroatoms. The van der Waals surface area contributed by atoms with Crippen molar-refractivity contribution in [1.29, 1.82) is 5.26 Å². The first-order valence-electron chi connectivity index (χ1n) is 11.6. The van der Waals surface area contributed by atoms with Gasteiger partial charge in [0.25, 0.3) is 5.91 Å². The third kappa shape index (κ3) is 4.83. The highest BCUT2D eigenvalue weighted by molar-refractivity contribution is 6.10. The summed E-state index contributed by atoms with van der Waals surface area (Å²) < 4.78 is 53.7. The van der Waals surface area contributed by atoms with Crippen LogP contribution in [0.3, 0.4) is 0 Å². The summed E-state index contributed by atoms with van der Waals surface area (Å²) in [5, 5.41) is 11.5. The van der Waals surface area contributed by atoms with Crippen molar-refractivity contribution in [3.05, 3.63) is 65.0 Å². The molecule has 1 saturated carbocycles. The van der Waals surface area contributed by atoms with E-state index in [4.69, 9.17) is 5.26 Å². The van der Waals surface area contributed by atoms with Crippen LogP contribution in [0.5, 0.6) is 0 Å². The number of carbonyl (C=O) groups is 4. The highest BCUT2D eigenvalue weighted by Crippen LogP contribution is 2.47. The van der Waals surface area contributed by atoms with E-state index in [2.05, 4.69) is 5.32 Å². The molecule has 1 atom stereocenters. The zero-order valence-corrected chi connectivity index (χ0v) is 20.1.